The number of nitrogens with zero attached hydrogens (tertiary/aromatic N) is 6. The van der Waals surface area contributed by atoms with Crippen molar-refractivity contribution in [2.45, 2.75) is 38.9 Å². The molecule has 0 bridgehead atoms. The van der Waals surface area contributed by atoms with Crippen molar-refractivity contribution in [1.82, 2.24) is 29.5 Å². The topological polar surface area (TPSA) is 135 Å². The molecule has 6 rings (SSSR count). The van der Waals surface area contributed by atoms with Crippen molar-refractivity contribution in [3.8, 4) is 11.4 Å². The highest BCUT2D eigenvalue weighted by Crippen LogP contribution is 2.37. The Morgan fingerprint density at radius 2 is 2.08 bits per heavy atom. The molecule has 0 aromatic carbocycles. The maximum atomic E-state index is 6.28. The molecule has 206 valence electrons. The third-order valence-electron chi connectivity index (χ3n) is 7.04. The van der Waals surface area contributed by atoms with Gasteiger partial charge in [0.1, 0.15) is 35.7 Å². The van der Waals surface area contributed by atoms with E-state index in [2.05, 4.69) is 32.2 Å². The van der Waals surface area contributed by atoms with Crippen molar-refractivity contribution >= 4 is 33.6 Å². The SMILES string of the molecule is CCc1cc(NCCOC)c2ncc(OCc3cncc(-n4cc([C@@H]5CCCO5)c5c(N)ncnc54)c3)cc2n1. The Labute approximate surface area is 231 Å². The van der Waals surface area contributed by atoms with Gasteiger partial charge in [-0.15, -0.1) is 0 Å². The van der Waals surface area contributed by atoms with Gasteiger partial charge < -0.3 is 25.3 Å². The van der Waals surface area contributed by atoms with Gasteiger partial charge >= 0.3 is 0 Å². The van der Waals surface area contributed by atoms with Crippen molar-refractivity contribution in [2.24, 2.45) is 0 Å². The van der Waals surface area contributed by atoms with Crippen LogP contribution >= 0.6 is 0 Å². The van der Waals surface area contributed by atoms with Gasteiger partial charge in [-0.3, -0.25) is 14.5 Å². The summed E-state index contributed by atoms with van der Waals surface area (Å²) >= 11 is 0. The number of hydrogen-bond acceptors (Lipinski definition) is 10. The maximum absolute atomic E-state index is 6.28. The largest absolute Gasteiger partial charge is 0.487 e. The number of methoxy groups -OCH3 is 1. The molecule has 11 heteroatoms. The number of fused-ring (bicyclic) bond motifs is 2. The van der Waals surface area contributed by atoms with Gasteiger partial charge in [0.25, 0.3) is 0 Å². The predicted octanol–water partition coefficient (Wildman–Crippen LogP) is 4.39. The van der Waals surface area contributed by atoms with Gasteiger partial charge in [0.05, 0.1) is 47.4 Å². The van der Waals surface area contributed by atoms with Gasteiger partial charge in [-0.1, -0.05) is 6.92 Å². The molecule has 0 spiro atoms. The molecule has 5 aromatic heterocycles. The van der Waals surface area contributed by atoms with Crippen molar-refractivity contribution < 1.29 is 14.2 Å². The molecule has 5 aromatic rings. The predicted molar refractivity (Wildman–Crippen MR) is 153 cm³/mol. The van der Waals surface area contributed by atoms with E-state index in [1.165, 1.54) is 6.33 Å². The summed E-state index contributed by atoms with van der Waals surface area (Å²) in [7, 11) is 1.69. The molecule has 0 aliphatic carbocycles. The number of nitrogens with two attached hydrogens (primary N) is 1. The molecule has 3 N–H and O–H groups in total. The molecule has 1 aliphatic heterocycles. The van der Waals surface area contributed by atoms with Crippen LogP contribution in [0.1, 0.15) is 42.7 Å². The van der Waals surface area contributed by atoms with E-state index < -0.39 is 0 Å². The van der Waals surface area contributed by atoms with Gasteiger partial charge in [0, 0.05) is 55.5 Å². The third-order valence-corrected chi connectivity index (χ3v) is 7.04. The molecule has 1 aliphatic rings. The highest BCUT2D eigenvalue weighted by Gasteiger charge is 2.25. The quantitative estimate of drug-likeness (QED) is 0.246. The van der Waals surface area contributed by atoms with Gasteiger partial charge in [-0.05, 0) is 31.4 Å². The number of hydrogen-bond donors (Lipinski definition) is 2. The second kappa shape index (κ2) is 11.4. The van der Waals surface area contributed by atoms with Crippen LogP contribution in [0.5, 0.6) is 5.75 Å². The lowest BCUT2D eigenvalue weighted by atomic mass is 10.1. The van der Waals surface area contributed by atoms with Crippen LogP contribution in [0.2, 0.25) is 0 Å². The molecule has 0 amide bonds. The van der Waals surface area contributed by atoms with Crippen LogP contribution in [-0.2, 0) is 22.5 Å². The molecule has 6 heterocycles. The Balaban J connectivity index is 1.26. The first kappa shape index (κ1) is 25.9. The van der Waals surface area contributed by atoms with Crippen LogP contribution in [0, 0.1) is 0 Å². The minimum absolute atomic E-state index is 0.0190. The van der Waals surface area contributed by atoms with Gasteiger partial charge in [-0.25, -0.2) is 15.0 Å². The summed E-state index contributed by atoms with van der Waals surface area (Å²) in [5.74, 6) is 1.08. The van der Waals surface area contributed by atoms with Gasteiger partial charge in [0.2, 0.25) is 0 Å². The number of ether oxygens (including phenoxy) is 3. The van der Waals surface area contributed by atoms with E-state index in [-0.39, 0.29) is 6.10 Å². The second-order valence-corrected chi connectivity index (χ2v) is 9.73. The molecule has 1 atom stereocenters. The minimum Gasteiger partial charge on any atom is -0.487 e. The molecule has 0 unspecified atom stereocenters. The van der Waals surface area contributed by atoms with E-state index in [9.17, 15) is 0 Å². The van der Waals surface area contributed by atoms with Crippen LogP contribution in [0.15, 0.2) is 49.3 Å². The molecule has 0 radical (unpaired) electrons. The monoisotopic (exact) mass is 540 g/mol. The number of pyridine rings is 3. The van der Waals surface area contributed by atoms with Crippen LogP contribution in [-0.4, -0.2) is 56.4 Å². The van der Waals surface area contributed by atoms with E-state index in [4.69, 9.17) is 24.9 Å². The first-order valence-electron chi connectivity index (χ1n) is 13.5. The molecule has 40 heavy (non-hydrogen) atoms. The van der Waals surface area contributed by atoms with Crippen molar-refractivity contribution in [3.05, 3.63) is 66.1 Å². The summed E-state index contributed by atoms with van der Waals surface area (Å²) in [6.45, 7) is 4.43. The van der Waals surface area contributed by atoms with Crippen molar-refractivity contribution in [3.63, 3.8) is 0 Å². The van der Waals surface area contributed by atoms with Gasteiger partial charge in [-0.2, -0.15) is 0 Å². The molecule has 0 saturated carbocycles. The maximum Gasteiger partial charge on any atom is 0.150 e. The zero-order valence-electron chi connectivity index (χ0n) is 22.6. The van der Waals surface area contributed by atoms with Crippen molar-refractivity contribution in [1.29, 1.82) is 0 Å². The summed E-state index contributed by atoms with van der Waals surface area (Å²) in [4.78, 5) is 22.6. The minimum atomic E-state index is -0.0190. The zero-order valence-corrected chi connectivity index (χ0v) is 22.6. The summed E-state index contributed by atoms with van der Waals surface area (Å²) in [6.07, 6.45) is 11.6. The fourth-order valence-electron chi connectivity index (χ4n) is 5.06. The second-order valence-electron chi connectivity index (χ2n) is 9.73. The lowest BCUT2D eigenvalue weighted by Crippen LogP contribution is -2.09. The summed E-state index contributed by atoms with van der Waals surface area (Å²) < 4.78 is 19.3. The Hall–Kier alpha value is -4.35. The lowest BCUT2D eigenvalue weighted by molar-refractivity contribution is 0.113. The average Bonchev–Trinajstić information content (AvgIpc) is 3.65. The zero-order chi connectivity index (χ0) is 27.5. The Morgan fingerprint density at radius 3 is 2.90 bits per heavy atom. The van der Waals surface area contributed by atoms with Crippen LogP contribution < -0.4 is 15.8 Å². The van der Waals surface area contributed by atoms with Crippen LogP contribution in [0.4, 0.5) is 11.5 Å². The number of aromatic nitrogens is 6. The molecule has 11 nitrogen and oxygen atoms in total. The standard InChI is InChI=1S/C29H32N8O3/c1-3-19-10-23(32-6-8-38-2)27-24(36-19)11-21(14-33-27)40-16-18-9-20(13-31-12-18)37-15-22(25-5-4-7-39-25)26-28(30)34-17-35-29(26)37/h9-15,17,25H,3-8,16H2,1-2H3,(H,32,36)(H2,30,34,35)/t25-/m0/s1. The van der Waals surface area contributed by atoms with E-state index in [1.54, 1.807) is 25.7 Å². The van der Waals surface area contributed by atoms with Gasteiger partial charge in [0.15, 0.2) is 0 Å². The first-order valence-corrected chi connectivity index (χ1v) is 13.5. The summed E-state index contributed by atoms with van der Waals surface area (Å²) in [5, 5.41) is 4.22. The number of nitrogens with one attached hydrogen (secondary N) is 1. The fraction of sp³-hybridized carbons (Fsp3) is 0.345. The van der Waals surface area contributed by atoms with E-state index in [1.807, 2.05) is 29.0 Å². The van der Waals surface area contributed by atoms with E-state index >= 15 is 0 Å². The third kappa shape index (κ3) is 5.13. The Bertz CT molecular complexity index is 1650. The number of rotatable bonds is 10. The summed E-state index contributed by atoms with van der Waals surface area (Å²) in [5.41, 5.74) is 13.3. The summed E-state index contributed by atoms with van der Waals surface area (Å²) in [6, 6.07) is 5.99. The number of anilines is 2. The first-order chi connectivity index (χ1) is 19.6. The Kier molecular flexibility index (Phi) is 7.39. The smallest absolute Gasteiger partial charge is 0.150 e. The lowest BCUT2D eigenvalue weighted by Gasteiger charge is -2.12. The highest BCUT2D eigenvalue weighted by molar-refractivity contribution is 5.91. The fourth-order valence-corrected chi connectivity index (χ4v) is 5.06. The Morgan fingerprint density at radius 1 is 1.15 bits per heavy atom. The number of nitrogen functional groups attached to an aromatic ring is 1. The average molecular weight is 541 g/mol. The van der Waals surface area contributed by atoms with Crippen LogP contribution in [0.25, 0.3) is 27.8 Å². The molecular weight excluding hydrogens is 508 g/mol. The van der Waals surface area contributed by atoms with E-state index in [0.29, 0.717) is 31.3 Å². The van der Waals surface area contributed by atoms with Crippen LogP contribution in [0.3, 0.4) is 0 Å². The number of aryl methyl sites for hydroxylation is 1. The molecule has 1 fully saturated rings. The molecule has 1 saturated heterocycles. The highest BCUT2D eigenvalue weighted by atomic mass is 16.5. The van der Waals surface area contributed by atoms with Crippen molar-refractivity contribution in [2.75, 3.05) is 37.9 Å². The normalized spacial score (nSPS) is 15.2. The molecular formula is C29H32N8O3. The van der Waals surface area contributed by atoms with E-state index in [0.717, 1.165) is 76.1 Å².